The highest BCUT2D eigenvalue weighted by Gasteiger charge is 2.11. The van der Waals surface area contributed by atoms with Crippen LogP contribution >= 0.6 is 15.9 Å². The lowest BCUT2D eigenvalue weighted by Crippen LogP contribution is -2.01. The van der Waals surface area contributed by atoms with Crippen molar-refractivity contribution in [3.8, 4) is 11.9 Å². The predicted molar refractivity (Wildman–Crippen MR) is 101 cm³/mol. The molecule has 0 fully saturated rings. The van der Waals surface area contributed by atoms with E-state index in [1.165, 1.54) is 0 Å². The van der Waals surface area contributed by atoms with Gasteiger partial charge in [0.25, 0.3) is 0 Å². The van der Waals surface area contributed by atoms with Gasteiger partial charge < -0.3 is 4.57 Å². The largest absolute Gasteiger partial charge is 0.303 e. The topological polar surface area (TPSA) is 41.6 Å². The molecule has 0 aliphatic rings. The highest BCUT2D eigenvalue weighted by molar-refractivity contribution is 9.10. The quantitative estimate of drug-likeness (QED) is 0.579. The summed E-state index contributed by atoms with van der Waals surface area (Å²) >= 11 is 3.42. The molecule has 2 heterocycles. The summed E-state index contributed by atoms with van der Waals surface area (Å²) < 4.78 is 3.10. The molecule has 0 unspecified atom stereocenters. The van der Waals surface area contributed by atoms with Gasteiger partial charge in [0.15, 0.2) is 0 Å². The summed E-state index contributed by atoms with van der Waals surface area (Å²) in [6.07, 6.45) is 3.72. The van der Waals surface area contributed by atoms with E-state index >= 15 is 0 Å². The average Bonchev–Trinajstić information content (AvgIpc) is 2.88. The number of pyridine rings is 1. The number of nitrogens with zero attached hydrogens (tertiary/aromatic N) is 3. The Morgan fingerprint density at radius 3 is 2.54 bits per heavy atom. The maximum absolute atomic E-state index is 9.54. The molecule has 0 atom stereocenters. The minimum atomic E-state index is 0.642. The van der Waals surface area contributed by atoms with Crippen LogP contribution in [-0.4, -0.2) is 9.55 Å². The normalized spacial score (nSPS) is 11.3. The van der Waals surface area contributed by atoms with E-state index in [2.05, 4.69) is 37.6 Å². The third-order valence-electron chi connectivity index (χ3n) is 3.92. The molecule has 2 aromatic heterocycles. The van der Waals surface area contributed by atoms with Crippen LogP contribution in [0.2, 0.25) is 0 Å². The van der Waals surface area contributed by atoms with Crippen LogP contribution in [0.15, 0.2) is 59.2 Å². The summed E-state index contributed by atoms with van der Waals surface area (Å²) in [5, 5.41) is 9.54. The molecule has 4 heteroatoms. The van der Waals surface area contributed by atoms with E-state index in [0.717, 1.165) is 32.8 Å². The van der Waals surface area contributed by atoms with Crippen molar-refractivity contribution in [2.24, 2.45) is 0 Å². The second-order valence-electron chi connectivity index (χ2n) is 5.53. The number of nitriles is 1. The van der Waals surface area contributed by atoms with Crippen LogP contribution in [0.1, 0.15) is 22.5 Å². The maximum Gasteiger partial charge on any atom is 0.136 e. The fourth-order valence-electron chi connectivity index (χ4n) is 2.74. The van der Waals surface area contributed by atoms with Crippen LogP contribution in [0.25, 0.3) is 17.5 Å². The highest BCUT2D eigenvalue weighted by atomic mass is 79.9. The Bertz CT molecular complexity index is 930. The molecule has 3 aromatic rings. The molecule has 0 N–H and O–H groups in total. The van der Waals surface area contributed by atoms with Gasteiger partial charge >= 0.3 is 0 Å². The van der Waals surface area contributed by atoms with Crippen molar-refractivity contribution >= 4 is 27.6 Å². The van der Waals surface area contributed by atoms with E-state index in [4.69, 9.17) is 0 Å². The summed E-state index contributed by atoms with van der Waals surface area (Å²) in [5.41, 5.74) is 4.73. The molecule has 0 amide bonds. The van der Waals surface area contributed by atoms with E-state index in [0.29, 0.717) is 5.57 Å². The van der Waals surface area contributed by atoms with Crippen LogP contribution in [0.4, 0.5) is 0 Å². The van der Waals surface area contributed by atoms with Crippen LogP contribution in [0, 0.1) is 25.2 Å². The Morgan fingerprint density at radius 1 is 1.17 bits per heavy atom. The number of aromatic nitrogens is 2. The van der Waals surface area contributed by atoms with Gasteiger partial charge in [0.2, 0.25) is 0 Å². The van der Waals surface area contributed by atoms with Crippen molar-refractivity contribution in [1.82, 2.24) is 9.55 Å². The van der Waals surface area contributed by atoms with Gasteiger partial charge in [0, 0.05) is 22.1 Å². The number of halogens is 1. The predicted octanol–water partition coefficient (Wildman–Crippen LogP) is 5.32. The first kappa shape index (κ1) is 16.2. The Labute approximate surface area is 150 Å². The van der Waals surface area contributed by atoms with Crippen molar-refractivity contribution in [2.75, 3.05) is 0 Å². The summed E-state index contributed by atoms with van der Waals surface area (Å²) in [6, 6.07) is 18.0. The molecule has 0 saturated heterocycles. The lowest BCUT2D eigenvalue weighted by atomic mass is 10.0. The average molecular weight is 378 g/mol. The van der Waals surface area contributed by atoms with Crippen molar-refractivity contribution in [1.29, 1.82) is 5.26 Å². The molecule has 3 nitrogen and oxygen atoms in total. The molecule has 3 rings (SSSR count). The van der Waals surface area contributed by atoms with E-state index < -0.39 is 0 Å². The summed E-state index contributed by atoms with van der Waals surface area (Å²) in [4.78, 5) is 4.42. The second-order valence-corrected chi connectivity index (χ2v) is 6.44. The van der Waals surface area contributed by atoms with Crippen LogP contribution in [0.3, 0.4) is 0 Å². The Balaban J connectivity index is 2.07. The van der Waals surface area contributed by atoms with Crippen molar-refractivity contribution < 1.29 is 0 Å². The Kier molecular flexibility index (Phi) is 4.64. The van der Waals surface area contributed by atoms with Gasteiger partial charge in [-0.1, -0.05) is 34.1 Å². The number of allylic oxidation sites excluding steroid dienone is 1. The lowest BCUT2D eigenvalue weighted by Gasteiger charge is -2.08. The van der Waals surface area contributed by atoms with Gasteiger partial charge in [-0.25, -0.2) is 4.98 Å². The molecular formula is C20H16BrN3. The number of benzene rings is 1. The smallest absolute Gasteiger partial charge is 0.136 e. The molecule has 0 saturated carbocycles. The molecule has 1 aromatic carbocycles. The lowest BCUT2D eigenvalue weighted by molar-refractivity contribution is 0.921. The highest BCUT2D eigenvalue weighted by Crippen LogP contribution is 2.25. The molecule has 0 aliphatic heterocycles. The number of hydrogen-bond acceptors (Lipinski definition) is 2. The Hall–Kier alpha value is -2.64. The van der Waals surface area contributed by atoms with E-state index in [9.17, 15) is 5.26 Å². The first-order valence-electron chi connectivity index (χ1n) is 7.58. The van der Waals surface area contributed by atoms with Crippen LogP contribution in [0.5, 0.6) is 0 Å². The van der Waals surface area contributed by atoms with Crippen molar-refractivity contribution in [2.45, 2.75) is 13.8 Å². The molecule has 24 heavy (non-hydrogen) atoms. The van der Waals surface area contributed by atoms with Crippen LogP contribution < -0.4 is 0 Å². The fraction of sp³-hybridized carbons (Fsp3) is 0.100. The third-order valence-corrected chi connectivity index (χ3v) is 4.45. The van der Waals surface area contributed by atoms with Crippen molar-refractivity contribution in [3.05, 3.63) is 81.7 Å². The SMILES string of the molecule is Cc1cc(/C=C(/C#N)c2ccc(Br)cc2)c(C)n1-c1ccccn1. The molecule has 118 valence electrons. The molecule has 0 radical (unpaired) electrons. The van der Waals surface area contributed by atoms with E-state index in [-0.39, 0.29) is 0 Å². The van der Waals surface area contributed by atoms with Gasteiger partial charge in [0.05, 0.1) is 11.6 Å². The fourth-order valence-corrected chi connectivity index (χ4v) is 3.00. The van der Waals surface area contributed by atoms with Crippen molar-refractivity contribution in [3.63, 3.8) is 0 Å². The zero-order chi connectivity index (χ0) is 17.1. The van der Waals surface area contributed by atoms with Crippen LogP contribution in [-0.2, 0) is 0 Å². The summed E-state index contributed by atoms with van der Waals surface area (Å²) in [6.45, 7) is 4.09. The first-order valence-corrected chi connectivity index (χ1v) is 8.37. The van der Waals surface area contributed by atoms with E-state index in [1.807, 2.05) is 62.4 Å². The monoisotopic (exact) mass is 377 g/mol. The maximum atomic E-state index is 9.54. The molecular weight excluding hydrogens is 362 g/mol. The standard InChI is InChI=1S/C20H16BrN3/c1-14-11-17(15(2)24(14)20-5-3-4-10-23-20)12-18(13-22)16-6-8-19(21)9-7-16/h3-12H,1-2H3/b18-12-. The molecule has 0 bridgehead atoms. The minimum Gasteiger partial charge on any atom is -0.303 e. The number of aryl methyl sites for hydroxylation is 1. The molecule has 0 aliphatic carbocycles. The number of rotatable bonds is 3. The molecule has 0 spiro atoms. The Morgan fingerprint density at radius 2 is 1.92 bits per heavy atom. The first-order chi connectivity index (χ1) is 11.6. The zero-order valence-corrected chi connectivity index (χ0v) is 15.1. The van der Waals surface area contributed by atoms with E-state index in [1.54, 1.807) is 6.20 Å². The second kappa shape index (κ2) is 6.86. The summed E-state index contributed by atoms with van der Waals surface area (Å²) in [7, 11) is 0. The van der Waals surface area contributed by atoms with Gasteiger partial charge in [-0.05, 0) is 61.4 Å². The third kappa shape index (κ3) is 3.17. The van der Waals surface area contributed by atoms with Gasteiger partial charge in [-0.3, -0.25) is 0 Å². The number of hydrogen-bond donors (Lipinski definition) is 0. The summed E-state index contributed by atoms with van der Waals surface area (Å²) in [5.74, 6) is 0.884. The van der Waals surface area contributed by atoms with Gasteiger partial charge in [0.1, 0.15) is 5.82 Å². The van der Waals surface area contributed by atoms with Gasteiger partial charge in [-0.2, -0.15) is 5.26 Å². The zero-order valence-electron chi connectivity index (χ0n) is 13.5. The minimum absolute atomic E-state index is 0.642. The van der Waals surface area contributed by atoms with Gasteiger partial charge in [-0.15, -0.1) is 0 Å².